The first kappa shape index (κ1) is 13.5. The molecule has 2 atom stereocenters. The van der Waals surface area contributed by atoms with Crippen molar-refractivity contribution in [2.24, 2.45) is 5.92 Å². The lowest BCUT2D eigenvalue weighted by Crippen LogP contribution is -2.39. The Morgan fingerprint density at radius 2 is 2.07 bits per heavy atom. The standard InChI is InChI=1S/C7H15NO5S/c1-5(2)4-6(7(9)10)8(3)13-14(11)12/h5-6H,4H2,1-3H3,(H,9,10)(H,11,12). The summed E-state index contributed by atoms with van der Waals surface area (Å²) in [5.74, 6) is -0.916. The molecule has 84 valence electrons. The van der Waals surface area contributed by atoms with E-state index in [4.69, 9.17) is 9.66 Å². The van der Waals surface area contributed by atoms with Gasteiger partial charge < -0.3 is 5.11 Å². The Balaban J connectivity index is 4.33. The van der Waals surface area contributed by atoms with Crippen molar-refractivity contribution < 1.29 is 22.9 Å². The van der Waals surface area contributed by atoms with E-state index in [1.807, 2.05) is 13.8 Å². The highest BCUT2D eigenvalue weighted by molar-refractivity contribution is 7.74. The van der Waals surface area contributed by atoms with Crippen molar-refractivity contribution in [2.45, 2.75) is 26.3 Å². The Bertz CT molecular complexity index is 220. The summed E-state index contributed by atoms with van der Waals surface area (Å²) in [6.07, 6.45) is 0.350. The van der Waals surface area contributed by atoms with Gasteiger partial charge in [0.05, 0.1) is 0 Å². The predicted octanol–water partition coefficient (Wildman–Crippen LogP) is 0.486. The maximum atomic E-state index is 10.8. The molecule has 6 nitrogen and oxygen atoms in total. The SMILES string of the molecule is CC(C)CC(C(=O)O)N(C)OS(=O)O. The molecule has 0 aromatic carbocycles. The molecule has 14 heavy (non-hydrogen) atoms. The van der Waals surface area contributed by atoms with Crippen molar-refractivity contribution in [3.05, 3.63) is 0 Å². The van der Waals surface area contributed by atoms with E-state index in [9.17, 15) is 9.00 Å². The maximum absolute atomic E-state index is 10.8. The number of rotatable bonds is 6. The molecule has 0 aliphatic carbocycles. The van der Waals surface area contributed by atoms with Gasteiger partial charge in [-0.25, -0.2) is 0 Å². The van der Waals surface area contributed by atoms with Gasteiger partial charge >= 0.3 is 17.3 Å². The van der Waals surface area contributed by atoms with Gasteiger partial charge in [0.2, 0.25) is 0 Å². The zero-order valence-corrected chi connectivity index (χ0v) is 9.15. The van der Waals surface area contributed by atoms with Gasteiger partial charge in [-0.3, -0.25) is 9.35 Å². The summed E-state index contributed by atoms with van der Waals surface area (Å²) < 4.78 is 23.0. The largest absolute Gasteiger partial charge is 0.480 e. The first-order chi connectivity index (χ1) is 6.34. The van der Waals surface area contributed by atoms with Gasteiger partial charge in [-0.05, 0) is 12.3 Å². The topological polar surface area (TPSA) is 87.1 Å². The molecule has 0 aliphatic heterocycles. The van der Waals surface area contributed by atoms with E-state index in [1.54, 1.807) is 0 Å². The van der Waals surface area contributed by atoms with Crippen LogP contribution in [0.3, 0.4) is 0 Å². The van der Waals surface area contributed by atoms with Crippen molar-refractivity contribution >= 4 is 17.3 Å². The number of aliphatic carboxylic acids is 1. The summed E-state index contributed by atoms with van der Waals surface area (Å²) in [7, 11) is 1.31. The Hall–Kier alpha value is -0.500. The van der Waals surface area contributed by atoms with Crippen LogP contribution in [0, 0.1) is 5.92 Å². The molecular formula is C7H15NO5S. The van der Waals surface area contributed by atoms with Crippen molar-refractivity contribution in [1.29, 1.82) is 0 Å². The highest BCUT2D eigenvalue weighted by Gasteiger charge is 2.25. The molecular weight excluding hydrogens is 210 g/mol. The molecule has 0 fully saturated rings. The lowest BCUT2D eigenvalue weighted by molar-refractivity contribution is -0.156. The third-order valence-electron chi connectivity index (χ3n) is 1.60. The zero-order chi connectivity index (χ0) is 11.3. The minimum Gasteiger partial charge on any atom is -0.480 e. The molecule has 0 aromatic heterocycles. The Morgan fingerprint density at radius 3 is 2.36 bits per heavy atom. The van der Waals surface area contributed by atoms with E-state index < -0.39 is 23.4 Å². The predicted molar refractivity (Wildman–Crippen MR) is 50.5 cm³/mol. The van der Waals surface area contributed by atoms with Gasteiger partial charge in [-0.1, -0.05) is 13.8 Å². The minimum atomic E-state index is -2.49. The number of hydrogen-bond donors (Lipinski definition) is 2. The first-order valence-corrected chi connectivity index (χ1v) is 5.12. The van der Waals surface area contributed by atoms with Gasteiger partial charge in [0.25, 0.3) is 0 Å². The summed E-state index contributed by atoms with van der Waals surface area (Å²) in [6, 6.07) is -0.911. The van der Waals surface area contributed by atoms with Crippen molar-refractivity contribution in [3.8, 4) is 0 Å². The van der Waals surface area contributed by atoms with Gasteiger partial charge in [0.15, 0.2) is 0 Å². The van der Waals surface area contributed by atoms with Gasteiger partial charge in [0, 0.05) is 7.05 Å². The van der Waals surface area contributed by atoms with E-state index >= 15 is 0 Å². The Labute approximate surface area is 85.3 Å². The highest BCUT2D eigenvalue weighted by Crippen LogP contribution is 2.11. The second kappa shape index (κ2) is 6.07. The summed E-state index contributed by atoms with van der Waals surface area (Å²) in [6.45, 7) is 3.72. The highest BCUT2D eigenvalue weighted by atomic mass is 32.2. The van der Waals surface area contributed by atoms with Crippen LogP contribution in [-0.2, 0) is 20.4 Å². The number of carbonyl (C=O) groups is 1. The van der Waals surface area contributed by atoms with Crippen LogP contribution in [0.25, 0.3) is 0 Å². The van der Waals surface area contributed by atoms with Crippen molar-refractivity contribution in [1.82, 2.24) is 5.06 Å². The Morgan fingerprint density at radius 1 is 1.57 bits per heavy atom. The molecule has 0 bridgehead atoms. The Kier molecular flexibility index (Phi) is 5.86. The van der Waals surface area contributed by atoms with E-state index in [0.717, 1.165) is 5.06 Å². The van der Waals surface area contributed by atoms with Crippen LogP contribution in [0.5, 0.6) is 0 Å². The fourth-order valence-electron chi connectivity index (χ4n) is 1.00. The van der Waals surface area contributed by atoms with E-state index in [0.29, 0.717) is 6.42 Å². The quantitative estimate of drug-likeness (QED) is 0.505. The number of hydrogen-bond acceptors (Lipinski definition) is 4. The number of carboxylic acid groups (broad SMARTS) is 1. The van der Waals surface area contributed by atoms with Gasteiger partial charge in [-0.2, -0.15) is 13.6 Å². The van der Waals surface area contributed by atoms with Crippen LogP contribution in [0.2, 0.25) is 0 Å². The number of hydroxylamine groups is 2. The molecule has 0 heterocycles. The average Bonchev–Trinajstić information content (AvgIpc) is 1.97. The molecule has 0 rings (SSSR count). The fourth-order valence-corrected chi connectivity index (χ4v) is 1.31. The lowest BCUT2D eigenvalue weighted by Gasteiger charge is -2.22. The van der Waals surface area contributed by atoms with Crippen LogP contribution >= 0.6 is 0 Å². The third-order valence-corrected chi connectivity index (χ3v) is 1.96. The van der Waals surface area contributed by atoms with Crippen LogP contribution in [0.4, 0.5) is 0 Å². The van der Waals surface area contributed by atoms with Gasteiger partial charge in [0.1, 0.15) is 6.04 Å². The molecule has 0 aliphatic rings. The summed E-state index contributed by atoms with van der Waals surface area (Å²) in [5, 5.41) is 9.69. The van der Waals surface area contributed by atoms with Crippen molar-refractivity contribution in [2.75, 3.05) is 7.05 Å². The molecule has 0 saturated carbocycles. The van der Waals surface area contributed by atoms with E-state index in [1.165, 1.54) is 7.05 Å². The smallest absolute Gasteiger partial charge is 0.323 e. The maximum Gasteiger partial charge on any atom is 0.323 e. The third kappa shape index (κ3) is 5.28. The molecule has 2 N–H and O–H groups in total. The fraction of sp³-hybridized carbons (Fsp3) is 0.857. The number of nitrogens with zero attached hydrogens (tertiary/aromatic N) is 1. The van der Waals surface area contributed by atoms with Crippen LogP contribution < -0.4 is 0 Å². The van der Waals surface area contributed by atoms with Crippen molar-refractivity contribution in [3.63, 3.8) is 0 Å². The zero-order valence-electron chi connectivity index (χ0n) is 8.34. The molecule has 0 amide bonds. The molecule has 0 aromatic rings. The number of carboxylic acids is 1. The molecule has 0 saturated heterocycles. The monoisotopic (exact) mass is 225 g/mol. The summed E-state index contributed by atoms with van der Waals surface area (Å²) in [4.78, 5) is 10.8. The minimum absolute atomic E-state index is 0.161. The summed E-state index contributed by atoms with van der Waals surface area (Å²) >= 11 is -2.49. The number of likely N-dealkylation sites (N-methyl/N-ethyl adjacent to an activating group) is 1. The summed E-state index contributed by atoms with van der Waals surface area (Å²) in [5.41, 5.74) is 0. The van der Waals surface area contributed by atoms with Crippen LogP contribution in [-0.4, -0.2) is 38.0 Å². The normalized spacial score (nSPS) is 15.9. The van der Waals surface area contributed by atoms with E-state index in [2.05, 4.69) is 4.28 Å². The molecule has 0 spiro atoms. The van der Waals surface area contributed by atoms with Crippen LogP contribution in [0.1, 0.15) is 20.3 Å². The second-order valence-electron chi connectivity index (χ2n) is 3.32. The molecule has 0 radical (unpaired) electrons. The van der Waals surface area contributed by atoms with E-state index in [-0.39, 0.29) is 5.92 Å². The first-order valence-electron chi connectivity index (χ1n) is 4.09. The lowest BCUT2D eigenvalue weighted by atomic mass is 10.0. The van der Waals surface area contributed by atoms with Crippen LogP contribution in [0.15, 0.2) is 0 Å². The second-order valence-corrected chi connectivity index (χ2v) is 3.90. The van der Waals surface area contributed by atoms with Gasteiger partial charge in [-0.15, -0.1) is 0 Å². The molecule has 2 unspecified atom stereocenters. The average molecular weight is 225 g/mol. The molecule has 7 heteroatoms.